The van der Waals surface area contributed by atoms with Crippen LogP contribution in [0.4, 0.5) is 5.69 Å². The SMILES string of the molecule is CC.Cc1cccc(NC(=O)CCN2CCCC2)c1. The summed E-state index contributed by atoms with van der Waals surface area (Å²) in [5, 5.41) is 2.94. The zero-order valence-corrected chi connectivity index (χ0v) is 12.4. The summed E-state index contributed by atoms with van der Waals surface area (Å²) in [6.07, 6.45) is 3.15. The second-order valence-corrected chi connectivity index (χ2v) is 4.72. The van der Waals surface area contributed by atoms with Gasteiger partial charge in [0.1, 0.15) is 0 Å². The predicted octanol–water partition coefficient (Wildman–Crippen LogP) is 3.45. The van der Waals surface area contributed by atoms with Gasteiger partial charge in [-0.2, -0.15) is 0 Å². The molecule has 1 heterocycles. The standard InChI is InChI=1S/C14H20N2O.C2H6/c1-12-5-4-6-13(11-12)15-14(17)7-10-16-8-2-3-9-16;1-2/h4-6,11H,2-3,7-10H2,1H3,(H,15,17);1-2H3. The van der Waals surface area contributed by atoms with Crippen molar-refractivity contribution in [3.05, 3.63) is 29.8 Å². The van der Waals surface area contributed by atoms with Crippen molar-refractivity contribution in [2.45, 2.75) is 40.0 Å². The van der Waals surface area contributed by atoms with E-state index >= 15 is 0 Å². The molecule has 106 valence electrons. The predicted molar refractivity (Wildman–Crippen MR) is 81.4 cm³/mol. The van der Waals surface area contributed by atoms with E-state index < -0.39 is 0 Å². The van der Waals surface area contributed by atoms with Crippen LogP contribution in [0.25, 0.3) is 0 Å². The Morgan fingerprint density at radius 2 is 1.95 bits per heavy atom. The van der Waals surface area contributed by atoms with Crippen molar-refractivity contribution in [2.24, 2.45) is 0 Å². The fourth-order valence-electron chi connectivity index (χ4n) is 2.21. The number of hydrogen-bond acceptors (Lipinski definition) is 2. The second kappa shape index (κ2) is 8.70. The lowest BCUT2D eigenvalue weighted by molar-refractivity contribution is -0.116. The molecule has 1 fully saturated rings. The summed E-state index contributed by atoms with van der Waals surface area (Å²) < 4.78 is 0. The Morgan fingerprint density at radius 1 is 1.26 bits per heavy atom. The second-order valence-electron chi connectivity index (χ2n) is 4.72. The van der Waals surface area contributed by atoms with Crippen LogP contribution in [-0.2, 0) is 4.79 Å². The van der Waals surface area contributed by atoms with Gasteiger partial charge in [0.25, 0.3) is 0 Å². The molecule has 1 N–H and O–H groups in total. The van der Waals surface area contributed by atoms with Crippen LogP contribution in [-0.4, -0.2) is 30.4 Å². The van der Waals surface area contributed by atoms with Gasteiger partial charge in [-0.3, -0.25) is 4.79 Å². The topological polar surface area (TPSA) is 32.3 Å². The zero-order valence-electron chi connectivity index (χ0n) is 12.4. The first-order chi connectivity index (χ1) is 9.24. The molecule has 0 bridgehead atoms. The van der Waals surface area contributed by atoms with Gasteiger partial charge in [-0.1, -0.05) is 26.0 Å². The number of amides is 1. The molecule has 3 nitrogen and oxygen atoms in total. The maximum absolute atomic E-state index is 11.7. The maximum atomic E-state index is 11.7. The lowest BCUT2D eigenvalue weighted by Crippen LogP contribution is -2.25. The van der Waals surface area contributed by atoms with E-state index in [0.717, 1.165) is 25.3 Å². The molecule has 1 aromatic carbocycles. The van der Waals surface area contributed by atoms with Gasteiger partial charge in [-0.25, -0.2) is 0 Å². The van der Waals surface area contributed by atoms with Gasteiger partial charge in [0.15, 0.2) is 0 Å². The van der Waals surface area contributed by atoms with Crippen LogP contribution in [0.2, 0.25) is 0 Å². The molecule has 1 aliphatic heterocycles. The highest BCUT2D eigenvalue weighted by Gasteiger charge is 2.12. The number of carbonyl (C=O) groups excluding carboxylic acids is 1. The smallest absolute Gasteiger partial charge is 0.225 e. The van der Waals surface area contributed by atoms with Crippen molar-refractivity contribution >= 4 is 11.6 Å². The van der Waals surface area contributed by atoms with E-state index in [1.165, 1.54) is 18.4 Å². The van der Waals surface area contributed by atoms with Gasteiger partial charge >= 0.3 is 0 Å². The van der Waals surface area contributed by atoms with Crippen molar-refractivity contribution in [1.29, 1.82) is 0 Å². The first-order valence-corrected chi connectivity index (χ1v) is 7.33. The Morgan fingerprint density at radius 3 is 2.58 bits per heavy atom. The van der Waals surface area contributed by atoms with E-state index in [9.17, 15) is 4.79 Å². The van der Waals surface area contributed by atoms with Gasteiger partial charge in [0, 0.05) is 18.7 Å². The molecule has 2 rings (SSSR count). The van der Waals surface area contributed by atoms with Gasteiger partial charge in [-0.05, 0) is 50.6 Å². The maximum Gasteiger partial charge on any atom is 0.225 e. The lowest BCUT2D eigenvalue weighted by Gasteiger charge is -2.14. The molecule has 0 atom stereocenters. The summed E-state index contributed by atoms with van der Waals surface area (Å²) in [5.74, 6) is 0.113. The molecule has 19 heavy (non-hydrogen) atoms. The molecule has 0 radical (unpaired) electrons. The van der Waals surface area contributed by atoms with Crippen molar-refractivity contribution in [3.8, 4) is 0 Å². The number of benzene rings is 1. The van der Waals surface area contributed by atoms with Gasteiger partial charge in [0.2, 0.25) is 5.91 Å². The Hall–Kier alpha value is -1.35. The van der Waals surface area contributed by atoms with Gasteiger partial charge in [0.05, 0.1) is 0 Å². The third-order valence-electron chi connectivity index (χ3n) is 3.16. The molecular weight excluding hydrogens is 236 g/mol. The first kappa shape index (κ1) is 15.7. The highest BCUT2D eigenvalue weighted by molar-refractivity contribution is 5.90. The summed E-state index contributed by atoms with van der Waals surface area (Å²) in [7, 11) is 0. The molecule has 0 saturated carbocycles. The highest BCUT2D eigenvalue weighted by Crippen LogP contribution is 2.11. The fraction of sp³-hybridized carbons (Fsp3) is 0.562. The Labute approximate surface area is 117 Å². The number of carbonyl (C=O) groups is 1. The van der Waals surface area contributed by atoms with E-state index in [1.54, 1.807) is 0 Å². The Bertz CT molecular complexity index is 384. The molecule has 3 heteroatoms. The minimum Gasteiger partial charge on any atom is -0.326 e. The van der Waals surface area contributed by atoms with Crippen LogP contribution in [0.1, 0.15) is 38.7 Å². The molecular formula is C16H26N2O. The fourth-order valence-corrected chi connectivity index (χ4v) is 2.21. The molecule has 1 aromatic rings. The average Bonchev–Trinajstić information content (AvgIpc) is 2.92. The number of anilines is 1. The molecule has 1 aliphatic rings. The van der Waals surface area contributed by atoms with Crippen molar-refractivity contribution < 1.29 is 4.79 Å². The van der Waals surface area contributed by atoms with Crippen molar-refractivity contribution in [2.75, 3.05) is 25.0 Å². The molecule has 0 aliphatic carbocycles. The third-order valence-corrected chi connectivity index (χ3v) is 3.16. The third kappa shape index (κ3) is 5.88. The summed E-state index contributed by atoms with van der Waals surface area (Å²) in [5.41, 5.74) is 2.07. The highest BCUT2D eigenvalue weighted by atomic mass is 16.1. The Kier molecular flexibility index (Phi) is 7.19. The van der Waals surface area contributed by atoms with E-state index in [0.29, 0.717) is 6.42 Å². The molecule has 1 saturated heterocycles. The first-order valence-electron chi connectivity index (χ1n) is 7.33. The molecule has 0 unspecified atom stereocenters. The number of likely N-dealkylation sites (tertiary alicyclic amines) is 1. The van der Waals surface area contributed by atoms with Gasteiger partial charge < -0.3 is 10.2 Å². The normalized spacial score (nSPS) is 14.7. The number of rotatable bonds is 4. The van der Waals surface area contributed by atoms with Crippen LogP contribution in [0, 0.1) is 6.92 Å². The summed E-state index contributed by atoms with van der Waals surface area (Å²) in [6, 6.07) is 7.92. The minimum absolute atomic E-state index is 0.113. The quantitative estimate of drug-likeness (QED) is 0.901. The molecule has 0 spiro atoms. The van der Waals surface area contributed by atoms with Crippen LogP contribution in [0.3, 0.4) is 0 Å². The average molecular weight is 262 g/mol. The van der Waals surface area contributed by atoms with Crippen LogP contribution < -0.4 is 5.32 Å². The van der Waals surface area contributed by atoms with Crippen LogP contribution in [0.15, 0.2) is 24.3 Å². The number of hydrogen-bond donors (Lipinski definition) is 1. The molecule has 1 amide bonds. The number of nitrogens with zero attached hydrogens (tertiary/aromatic N) is 1. The summed E-state index contributed by atoms with van der Waals surface area (Å²) in [6.45, 7) is 9.22. The van der Waals surface area contributed by atoms with Gasteiger partial charge in [-0.15, -0.1) is 0 Å². The molecule has 0 aromatic heterocycles. The Balaban J connectivity index is 0.000000861. The van der Waals surface area contributed by atoms with E-state index in [1.807, 2.05) is 45.0 Å². The van der Waals surface area contributed by atoms with E-state index in [2.05, 4.69) is 10.2 Å². The van der Waals surface area contributed by atoms with Crippen molar-refractivity contribution in [3.63, 3.8) is 0 Å². The van der Waals surface area contributed by atoms with Crippen molar-refractivity contribution in [1.82, 2.24) is 4.90 Å². The van der Waals surface area contributed by atoms with E-state index in [-0.39, 0.29) is 5.91 Å². The van der Waals surface area contributed by atoms with Crippen LogP contribution >= 0.6 is 0 Å². The monoisotopic (exact) mass is 262 g/mol. The largest absolute Gasteiger partial charge is 0.326 e. The summed E-state index contributed by atoms with van der Waals surface area (Å²) >= 11 is 0. The lowest BCUT2D eigenvalue weighted by atomic mass is 10.2. The van der Waals surface area contributed by atoms with Crippen LogP contribution in [0.5, 0.6) is 0 Å². The van der Waals surface area contributed by atoms with E-state index in [4.69, 9.17) is 0 Å². The summed E-state index contributed by atoms with van der Waals surface area (Å²) in [4.78, 5) is 14.1. The zero-order chi connectivity index (χ0) is 14.1. The number of aryl methyl sites for hydroxylation is 1. The minimum atomic E-state index is 0.113. The number of nitrogens with one attached hydrogen (secondary N) is 1.